The summed E-state index contributed by atoms with van der Waals surface area (Å²) in [5, 5.41) is 10.9. The molecule has 3 aromatic heterocycles. The quantitative estimate of drug-likeness (QED) is 0.322. The molecule has 5 rings (SSSR count). The molecule has 0 amide bonds. The van der Waals surface area contributed by atoms with E-state index in [9.17, 15) is 0 Å². The molecule has 24 heavy (non-hydrogen) atoms. The SMILES string of the molecule is N#Cc1ccc2c(n1)c1ncccc1c1nc3ccccc3nc21. The maximum Gasteiger partial charge on any atom is 0.141 e. The van der Waals surface area contributed by atoms with Gasteiger partial charge >= 0.3 is 0 Å². The van der Waals surface area contributed by atoms with Gasteiger partial charge < -0.3 is 0 Å². The number of nitriles is 1. The molecular formula is C19H9N5. The van der Waals surface area contributed by atoms with Crippen LogP contribution in [0.3, 0.4) is 0 Å². The lowest BCUT2D eigenvalue weighted by atomic mass is 10.1. The summed E-state index contributed by atoms with van der Waals surface area (Å²) in [6, 6.07) is 17.3. The third-order valence-corrected chi connectivity index (χ3v) is 4.12. The maximum absolute atomic E-state index is 9.16. The van der Waals surface area contributed by atoms with E-state index in [2.05, 4.69) is 16.0 Å². The number of benzene rings is 2. The molecule has 0 saturated carbocycles. The Labute approximate surface area is 136 Å². The van der Waals surface area contributed by atoms with Crippen molar-refractivity contribution in [1.29, 1.82) is 5.26 Å². The van der Waals surface area contributed by atoms with E-state index in [-0.39, 0.29) is 0 Å². The Bertz CT molecular complexity index is 1320. The Morgan fingerprint density at radius 2 is 1.33 bits per heavy atom. The number of rotatable bonds is 0. The van der Waals surface area contributed by atoms with Crippen LogP contribution in [0, 0.1) is 11.3 Å². The number of hydrogen-bond donors (Lipinski definition) is 0. The summed E-state index contributed by atoms with van der Waals surface area (Å²) in [7, 11) is 0. The summed E-state index contributed by atoms with van der Waals surface area (Å²) in [5.74, 6) is 0. The van der Waals surface area contributed by atoms with Crippen LogP contribution in [0.1, 0.15) is 5.69 Å². The topological polar surface area (TPSA) is 75.3 Å². The highest BCUT2D eigenvalue weighted by atomic mass is 14.8. The molecular weight excluding hydrogens is 298 g/mol. The van der Waals surface area contributed by atoms with E-state index in [4.69, 9.17) is 15.2 Å². The monoisotopic (exact) mass is 307 g/mol. The summed E-state index contributed by atoms with van der Waals surface area (Å²) in [6.07, 6.45) is 1.73. The average Bonchev–Trinajstić information content (AvgIpc) is 2.66. The van der Waals surface area contributed by atoms with Gasteiger partial charge in [-0.2, -0.15) is 5.26 Å². The molecule has 5 aromatic rings. The Hall–Kier alpha value is -3.65. The van der Waals surface area contributed by atoms with Crippen LogP contribution >= 0.6 is 0 Å². The van der Waals surface area contributed by atoms with E-state index in [1.807, 2.05) is 42.5 Å². The third kappa shape index (κ3) is 1.68. The average molecular weight is 307 g/mol. The lowest BCUT2D eigenvalue weighted by Gasteiger charge is -2.08. The van der Waals surface area contributed by atoms with Gasteiger partial charge in [0.25, 0.3) is 0 Å². The molecule has 0 saturated heterocycles. The van der Waals surface area contributed by atoms with Crippen molar-refractivity contribution in [3.8, 4) is 6.07 Å². The fraction of sp³-hybridized carbons (Fsp3) is 0. The molecule has 0 radical (unpaired) electrons. The van der Waals surface area contributed by atoms with Crippen LogP contribution in [0.15, 0.2) is 54.7 Å². The number of nitrogens with zero attached hydrogens (tertiary/aromatic N) is 5. The first-order chi connectivity index (χ1) is 11.8. The second-order valence-electron chi connectivity index (χ2n) is 5.51. The second kappa shape index (κ2) is 4.67. The smallest absolute Gasteiger partial charge is 0.141 e. The van der Waals surface area contributed by atoms with E-state index in [1.165, 1.54) is 0 Å². The molecule has 0 fully saturated rings. The minimum Gasteiger partial charge on any atom is -0.254 e. The second-order valence-corrected chi connectivity index (χ2v) is 5.51. The first-order valence-corrected chi connectivity index (χ1v) is 7.49. The summed E-state index contributed by atoms with van der Waals surface area (Å²) in [4.78, 5) is 18.5. The molecule has 2 aromatic carbocycles. The zero-order valence-electron chi connectivity index (χ0n) is 12.4. The summed E-state index contributed by atoms with van der Waals surface area (Å²) < 4.78 is 0. The molecule has 0 aliphatic heterocycles. The summed E-state index contributed by atoms with van der Waals surface area (Å²) in [5.41, 5.74) is 5.04. The standard InChI is InChI=1S/C19H9N5/c20-10-11-7-8-13-17(22-11)16-12(4-3-9-21-16)18-19(13)24-15-6-2-1-5-14(15)23-18/h1-9H. The van der Waals surface area contributed by atoms with E-state index >= 15 is 0 Å². The fourth-order valence-corrected chi connectivity index (χ4v) is 3.05. The van der Waals surface area contributed by atoms with E-state index in [0.717, 1.165) is 38.4 Å². The minimum atomic E-state index is 0.363. The van der Waals surface area contributed by atoms with Gasteiger partial charge in [0.05, 0.1) is 27.6 Å². The van der Waals surface area contributed by atoms with Gasteiger partial charge in [-0.05, 0) is 36.4 Å². The van der Waals surface area contributed by atoms with Gasteiger partial charge in [0, 0.05) is 17.0 Å². The minimum absolute atomic E-state index is 0.363. The number of fused-ring (bicyclic) bond motifs is 7. The maximum atomic E-state index is 9.16. The summed E-state index contributed by atoms with van der Waals surface area (Å²) >= 11 is 0. The molecule has 5 nitrogen and oxygen atoms in total. The zero-order valence-corrected chi connectivity index (χ0v) is 12.4. The van der Waals surface area contributed by atoms with Crippen molar-refractivity contribution in [3.63, 3.8) is 0 Å². The molecule has 110 valence electrons. The number of para-hydroxylation sites is 2. The van der Waals surface area contributed by atoms with Gasteiger partial charge in [-0.25, -0.2) is 15.0 Å². The van der Waals surface area contributed by atoms with Crippen molar-refractivity contribution in [3.05, 3.63) is 60.4 Å². The number of aromatic nitrogens is 4. The normalized spacial score (nSPS) is 11.3. The van der Waals surface area contributed by atoms with Gasteiger partial charge in [-0.1, -0.05) is 12.1 Å². The van der Waals surface area contributed by atoms with Crippen LogP contribution in [-0.4, -0.2) is 19.9 Å². The molecule has 0 atom stereocenters. The molecule has 0 aliphatic carbocycles. The zero-order chi connectivity index (χ0) is 16.1. The Balaban J connectivity index is 2.13. The van der Waals surface area contributed by atoms with Crippen molar-refractivity contribution in [1.82, 2.24) is 19.9 Å². The van der Waals surface area contributed by atoms with Crippen molar-refractivity contribution in [2.24, 2.45) is 0 Å². The summed E-state index contributed by atoms with van der Waals surface area (Å²) in [6.45, 7) is 0. The highest BCUT2D eigenvalue weighted by Gasteiger charge is 2.14. The van der Waals surface area contributed by atoms with Gasteiger partial charge in [0.1, 0.15) is 17.3 Å². The van der Waals surface area contributed by atoms with Crippen molar-refractivity contribution >= 4 is 43.9 Å². The predicted molar refractivity (Wildman–Crippen MR) is 92.4 cm³/mol. The van der Waals surface area contributed by atoms with Gasteiger partial charge in [0.2, 0.25) is 0 Å². The van der Waals surface area contributed by atoms with E-state index in [1.54, 1.807) is 12.3 Å². The van der Waals surface area contributed by atoms with Crippen molar-refractivity contribution in [2.75, 3.05) is 0 Å². The van der Waals surface area contributed by atoms with Crippen LogP contribution in [0.4, 0.5) is 0 Å². The van der Waals surface area contributed by atoms with Crippen LogP contribution in [-0.2, 0) is 0 Å². The largest absolute Gasteiger partial charge is 0.254 e. The lowest BCUT2D eigenvalue weighted by Crippen LogP contribution is -1.94. The third-order valence-electron chi connectivity index (χ3n) is 4.12. The molecule has 0 spiro atoms. The predicted octanol–water partition coefficient (Wildman–Crippen LogP) is 3.75. The van der Waals surface area contributed by atoms with Gasteiger partial charge in [-0.3, -0.25) is 4.98 Å². The van der Waals surface area contributed by atoms with Gasteiger partial charge in [-0.15, -0.1) is 0 Å². The van der Waals surface area contributed by atoms with E-state index in [0.29, 0.717) is 11.2 Å². The molecule has 0 bridgehead atoms. The highest BCUT2D eigenvalue weighted by molar-refractivity contribution is 6.21. The molecule has 0 N–H and O–H groups in total. The molecule has 0 aliphatic rings. The van der Waals surface area contributed by atoms with Crippen LogP contribution < -0.4 is 0 Å². The lowest BCUT2D eigenvalue weighted by molar-refractivity contribution is 1.31. The Kier molecular flexibility index (Phi) is 2.50. The molecule has 5 heteroatoms. The van der Waals surface area contributed by atoms with Crippen molar-refractivity contribution < 1.29 is 0 Å². The fourth-order valence-electron chi connectivity index (χ4n) is 3.05. The van der Waals surface area contributed by atoms with Crippen LogP contribution in [0.5, 0.6) is 0 Å². The Morgan fingerprint density at radius 1 is 0.667 bits per heavy atom. The number of hydrogen-bond acceptors (Lipinski definition) is 5. The Morgan fingerprint density at radius 3 is 2.04 bits per heavy atom. The number of pyridine rings is 2. The first-order valence-electron chi connectivity index (χ1n) is 7.49. The van der Waals surface area contributed by atoms with E-state index < -0.39 is 0 Å². The molecule has 3 heterocycles. The van der Waals surface area contributed by atoms with Gasteiger partial charge in [0.15, 0.2) is 0 Å². The van der Waals surface area contributed by atoms with Crippen LogP contribution in [0.25, 0.3) is 43.9 Å². The van der Waals surface area contributed by atoms with Crippen molar-refractivity contribution in [2.45, 2.75) is 0 Å². The molecule has 0 unspecified atom stereocenters. The first kappa shape index (κ1) is 12.9. The highest BCUT2D eigenvalue weighted by Crippen LogP contribution is 2.31. The van der Waals surface area contributed by atoms with Crippen LogP contribution in [0.2, 0.25) is 0 Å².